The standard InChI is InChI=1S/C19H18ClN5O4/c1-9(21)5-12-15(19-24-8-13(29-19)18(22)26)16-17(28-12)11(6-14(20)25-16)23-7-10-3-2-4-27-10/h2-4,6,8-9H,5,7,21H2,1H3,(H2,22,26)(H,23,25)/t9-/m0/s1. The predicted octanol–water partition coefficient (Wildman–Crippen LogP) is 3.33. The van der Waals surface area contributed by atoms with E-state index in [1.54, 1.807) is 18.4 Å². The van der Waals surface area contributed by atoms with Gasteiger partial charge in [-0.15, -0.1) is 0 Å². The molecular weight excluding hydrogens is 398 g/mol. The second-order valence-electron chi connectivity index (χ2n) is 6.58. The summed E-state index contributed by atoms with van der Waals surface area (Å²) in [6.45, 7) is 2.27. The molecule has 0 aromatic carbocycles. The van der Waals surface area contributed by atoms with Crippen LogP contribution in [-0.2, 0) is 13.0 Å². The van der Waals surface area contributed by atoms with Crippen LogP contribution in [0.15, 0.2) is 43.9 Å². The Labute approximate surface area is 170 Å². The zero-order valence-electron chi connectivity index (χ0n) is 15.4. The number of nitrogens with one attached hydrogen (secondary N) is 1. The molecule has 0 aliphatic carbocycles. The number of carbonyl (C=O) groups is 1. The van der Waals surface area contributed by atoms with Gasteiger partial charge in [-0.05, 0) is 19.1 Å². The van der Waals surface area contributed by atoms with Crippen LogP contribution in [0.1, 0.15) is 29.0 Å². The summed E-state index contributed by atoms with van der Waals surface area (Å²) in [6.07, 6.45) is 3.25. The van der Waals surface area contributed by atoms with Gasteiger partial charge in [0, 0.05) is 18.5 Å². The Balaban J connectivity index is 1.84. The number of hydrogen-bond acceptors (Lipinski definition) is 8. The number of fused-ring (bicyclic) bond motifs is 1. The maximum atomic E-state index is 11.4. The largest absolute Gasteiger partial charge is 0.467 e. The molecule has 4 aromatic rings. The third-order valence-corrected chi connectivity index (χ3v) is 4.38. The van der Waals surface area contributed by atoms with Gasteiger partial charge < -0.3 is 30.0 Å². The van der Waals surface area contributed by atoms with Crippen molar-refractivity contribution < 1.29 is 18.0 Å². The number of nitrogens with two attached hydrogens (primary N) is 2. The van der Waals surface area contributed by atoms with Crippen molar-refractivity contribution in [3.8, 4) is 11.5 Å². The molecule has 29 heavy (non-hydrogen) atoms. The number of furan rings is 2. The van der Waals surface area contributed by atoms with E-state index in [-0.39, 0.29) is 22.8 Å². The van der Waals surface area contributed by atoms with Gasteiger partial charge in [-0.1, -0.05) is 11.6 Å². The molecule has 0 unspecified atom stereocenters. The first kappa shape index (κ1) is 19.0. The van der Waals surface area contributed by atoms with Crippen molar-refractivity contribution in [1.29, 1.82) is 0 Å². The monoisotopic (exact) mass is 415 g/mol. The zero-order chi connectivity index (χ0) is 20.5. The minimum absolute atomic E-state index is 0.0701. The Bertz CT molecular complexity index is 1160. The molecule has 0 bridgehead atoms. The van der Waals surface area contributed by atoms with E-state index >= 15 is 0 Å². The molecule has 0 aliphatic heterocycles. The fourth-order valence-corrected chi connectivity index (χ4v) is 3.16. The first-order valence-corrected chi connectivity index (χ1v) is 9.20. The number of nitrogens with zero attached hydrogens (tertiary/aromatic N) is 2. The number of oxazole rings is 1. The highest BCUT2D eigenvalue weighted by molar-refractivity contribution is 6.30. The average molecular weight is 416 g/mol. The van der Waals surface area contributed by atoms with Gasteiger partial charge in [0.1, 0.15) is 27.8 Å². The number of pyridine rings is 1. The van der Waals surface area contributed by atoms with Gasteiger partial charge in [0.25, 0.3) is 5.91 Å². The maximum Gasteiger partial charge on any atom is 0.286 e. The summed E-state index contributed by atoms with van der Waals surface area (Å²) >= 11 is 6.25. The van der Waals surface area contributed by atoms with Gasteiger partial charge >= 0.3 is 0 Å². The van der Waals surface area contributed by atoms with Gasteiger partial charge in [0.05, 0.1) is 24.7 Å². The molecule has 0 radical (unpaired) electrons. The molecule has 5 N–H and O–H groups in total. The van der Waals surface area contributed by atoms with Crippen molar-refractivity contribution in [2.45, 2.75) is 25.9 Å². The van der Waals surface area contributed by atoms with Crippen LogP contribution in [-0.4, -0.2) is 21.9 Å². The quantitative estimate of drug-likeness (QED) is 0.389. The summed E-state index contributed by atoms with van der Waals surface area (Å²) in [5, 5.41) is 3.48. The lowest BCUT2D eigenvalue weighted by Gasteiger charge is -2.05. The summed E-state index contributed by atoms with van der Waals surface area (Å²) in [7, 11) is 0. The van der Waals surface area contributed by atoms with E-state index in [4.69, 9.17) is 36.3 Å². The zero-order valence-corrected chi connectivity index (χ0v) is 16.2. The number of rotatable bonds is 7. The number of hydrogen-bond donors (Lipinski definition) is 3. The SMILES string of the molecule is C[C@H](N)Cc1oc2c(NCc3ccco3)cc(Cl)nc2c1-c1ncc(C(N)=O)o1. The molecule has 0 saturated carbocycles. The molecule has 4 heterocycles. The Morgan fingerprint density at radius 1 is 1.38 bits per heavy atom. The first-order chi connectivity index (χ1) is 13.9. The van der Waals surface area contributed by atoms with E-state index in [0.29, 0.717) is 41.1 Å². The lowest BCUT2D eigenvalue weighted by atomic mass is 10.1. The van der Waals surface area contributed by atoms with Gasteiger partial charge in [-0.25, -0.2) is 9.97 Å². The Hall–Kier alpha value is -3.30. The van der Waals surface area contributed by atoms with Crippen LogP contribution in [0.4, 0.5) is 5.69 Å². The van der Waals surface area contributed by atoms with Crippen LogP contribution in [0.3, 0.4) is 0 Å². The molecule has 150 valence electrons. The van der Waals surface area contributed by atoms with E-state index in [0.717, 1.165) is 5.76 Å². The molecule has 0 aliphatic rings. The molecule has 1 atom stereocenters. The summed E-state index contributed by atoms with van der Waals surface area (Å²) in [6, 6.07) is 5.10. The number of amides is 1. The van der Waals surface area contributed by atoms with Crippen molar-refractivity contribution in [3.63, 3.8) is 0 Å². The molecule has 0 fully saturated rings. The Morgan fingerprint density at radius 3 is 2.86 bits per heavy atom. The lowest BCUT2D eigenvalue weighted by molar-refractivity contribution is 0.0974. The predicted molar refractivity (Wildman–Crippen MR) is 106 cm³/mol. The van der Waals surface area contributed by atoms with E-state index < -0.39 is 5.91 Å². The van der Waals surface area contributed by atoms with Crippen LogP contribution in [0.25, 0.3) is 22.6 Å². The second-order valence-corrected chi connectivity index (χ2v) is 6.97. The molecular formula is C19H18ClN5O4. The molecule has 4 aromatic heterocycles. The lowest BCUT2D eigenvalue weighted by Crippen LogP contribution is -2.17. The van der Waals surface area contributed by atoms with Gasteiger partial charge in [0.2, 0.25) is 11.7 Å². The van der Waals surface area contributed by atoms with Crippen molar-refractivity contribution in [3.05, 3.63) is 53.1 Å². The van der Waals surface area contributed by atoms with Crippen LogP contribution in [0.2, 0.25) is 5.15 Å². The third kappa shape index (κ3) is 3.82. The molecule has 1 amide bonds. The topological polar surface area (TPSA) is 146 Å². The number of primary amides is 1. The Morgan fingerprint density at radius 2 is 2.21 bits per heavy atom. The maximum absolute atomic E-state index is 11.4. The van der Waals surface area contributed by atoms with Crippen molar-refractivity contribution in [2.75, 3.05) is 5.32 Å². The van der Waals surface area contributed by atoms with Crippen LogP contribution >= 0.6 is 11.6 Å². The number of halogens is 1. The van der Waals surface area contributed by atoms with Crippen LogP contribution in [0, 0.1) is 0 Å². The summed E-state index contributed by atoms with van der Waals surface area (Å²) in [4.78, 5) is 20.0. The second kappa shape index (κ2) is 7.61. The van der Waals surface area contributed by atoms with E-state index in [9.17, 15) is 4.79 Å². The smallest absolute Gasteiger partial charge is 0.286 e. The molecule has 9 nitrogen and oxygen atoms in total. The van der Waals surface area contributed by atoms with Crippen molar-refractivity contribution >= 4 is 34.3 Å². The fraction of sp³-hybridized carbons (Fsp3) is 0.211. The van der Waals surface area contributed by atoms with Crippen molar-refractivity contribution in [2.24, 2.45) is 11.5 Å². The van der Waals surface area contributed by atoms with E-state index in [2.05, 4.69) is 15.3 Å². The third-order valence-electron chi connectivity index (χ3n) is 4.19. The highest BCUT2D eigenvalue weighted by Gasteiger charge is 2.25. The first-order valence-electron chi connectivity index (χ1n) is 8.82. The number of anilines is 1. The van der Waals surface area contributed by atoms with E-state index in [1.807, 2.05) is 13.0 Å². The summed E-state index contributed by atoms with van der Waals surface area (Å²) in [5.74, 6) is 0.618. The van der Waals surface area contributed by atoms with Crippen LogP contribution < -0.4 is 16.8 Å². The molecule has 10 heteroatoms. The minimum Gasteiger partial charge on any atom is -0.467 e. The van der Waals surface area contributed by atoms with Gasteiger partial charge in [0.15, 0.2) is 5.58 Å². The molecule has 0 spiro atoms. The van der Waals surface area contributed by atoms with E-state index in [1.165, 1.54) is 6.20 Å². The molecule has 0 saturated heterocycles. The van der Waals surface area contributed by atoms with Crippen LogP contribution in [0.5, 0.6) is 0 Å². The van der Waals surface area contributed by atoms with Gasteiger partial charge in [-0.3, -0.25) is 4.79 Å². The summed E-state index contributed by atoms with van der Waals surface area (Å²) in [5.41, 5.74) is 13.3. The molecule has 4 rings (SSSR count). The fourth-order valence-electron chi connectivity index (χ4n) is 2.97. The Kier molecular flexibility index (Phi) is 4.99. The highest BCUT2D eigenvalue weighted by Crippen LogP contribution is 2.38. The average Bonchev–Trinajstić information content (AvgIpc) is 3.38. The van der Waals surface area contributed by atoms with Crippen molar-refractivity contribution in [1.82, 2.24) is 9.97 Å². The summed E-state index contributed by atoms with van der Waals surface area (Å²) < 4.78 is 16.9. The number of carbonyl (C=O) groups excluding carboxylic acids is 1. The highest BCUT2D eigenvalue weighted by atomic mass is 35.5. The van der Waals surface area contributed by atoms with Gasteiger partial charge in [-0.2, -0.15) is 0 Å². The normalized spacial score (nSPS) is 12.4. The minimum atomic E-state index is -0.725. The number of aromatic nitrogens is 2.